The summed E-state index contributed by atoms with van der Waals surface area (Å²) in [5.74, 6) is -0.794. The second-order valence-corrected chi connectivity index (χ2v) is 5.01. The Morgan fingerprint density at radius 2 is 2.17 bits per heavy atom. The number of phenols is 1. The van der Waals surface area contributed by atoms with Gasteiger partial charge in [-0.15, -0.1) is 0 Å². The van der Waals surface area contributed by atoms with Crippen LogP contribution in [0.2, 0.25) is 0 Å². The Kier molecular flexibility index (Phi) is 4.90. The maximum Gasteiger partial charge on any atom is 0.273 e. The van der Waals surface area contributed by atoms with Crippen LogP contribution in [0.5, 0.6) is 5.75 Å². The first kappa shape index (κ1) is 16.4. The number of pyridine rings is 1. The molecule has 0 aliphatic rings. The van der Waals surface area contributed by atoms with Crippen LogP contribution in [0, 0.1) is 10.1 Å². The summed E-state index contributed by atoms with van der Waals surface area (Å²) in [6, 6.07) is 6.87. The van der Waals surface area contributed by atoms with E-state index < -0.39 is 16.6 Å². The van der Waals surface area contributed by atoms with E-state index in [1.165, 1.54) is 12.1 Å². The van der Waals surface area contributed by atoms with Gasteiger partial charge in [-0.25, -0.2) is 0 Å². The van der Waals surface area contributed by atoms with Crippen molar-refractivity contribution in [2.75, 3.05) is 6.54 Å². The minimum absolute atomic E-state index is 0.0354. The molecule has 0 fully saturated rings. The van der Waals surface area contributed by atoms with E-state index in [2.05, 4.69) is 4.98 Å². The van der Waals surface area contributed by atoms with Crippen LogP contribution >= 0.6 is 0 Å². The minimum Gasteiger partial charge on any atom is -0.507 e. The molecule has 1 unspecified atom stereocenters. The van der Waals surface area contributed by atoms with Crippen LogP contribution < -0.4 is 0 Å². The molecule has 2 rings (SSSR count). The van der Waals surface area contributed by atoms with Crippen molar-refractivity contribution in [1.82, 2.24) is 9.88 Å². The number of aromatic hydroxyl groups is 1. The molecular weight excluding hydrogens is 298 g/mol. The monoisotopic (exact) mass is 315 g/mol. The van der Waals surface area contributed by atoms with Gasteiger partial charge in [0, 0.05) is 25.0 Å². The first-order chi connectivity index (χ1) is 11.0. The molecule has 23 heavy (non-hydrogen) atoms. The Balaban J connectivity index is 2.32. The molecule has 1 aromatic heterocycles. The van der Waals surface area contributed by atoms with Crippen LogP contribution in [0.1, 0.15) is 35.8 Å². The summed E-state index contributed by atoms with van der Waals surface area (Å²) in [6.45, 7) is 4.11. The smallest absolute Gasteiger partial charge is 0.273 e. The van der Waals surface area contributed by atoms with Crippen LogP contribution in [-0.2, 0) is 0 Å². The number of hydrogen-bond acceptors (Lipinski definition) is 5. The Morgan fingerprint density at radius 3 is 2.70 bits per heavy atom. The summed E-state index contributed by atoms with van der Waals surface area (Å²) < 4.78 is 0. The van der Waals surface area contributed by atoms with Crippen LogP contribution in [0.3, 0.4) is 0 Å². The molecule has 1 N–H and O–H groups in total. The minimum atomic E-state index is -0.621. The molecule has 0 bridgehead atoms. The zero-order valence-electron chi connectivity index (χ0n) is 12.8. The molecule has 7 nitrogen and oxygen atoms in total. The average molecular weight is 315 g/mol. The summed E-state index contributed by atoms with van der Waals surface area (Å²) in [4.78, 5) is 28.4. The Bertz CT molecular complexity index is 719. The fourth-order valence-corrected chi connectivity index (χ4v) is 2.37. The zero-order valence-corrected chi connectivity index (χ0v) is 12.8. The van der Waals surface area contributed by atoms with E-state index in [0.717, 1.165) is 11.6 Å². The number of nitro benzene ring substituents is 1. The molecule has 0 aliphatic heterocycles. The van der Waals surface area contributed by atoms with E-state index in [0.29, 0.717) is 6.54 Å². The lowest BCUT2D eigenvalue weighted by atomic mass is 10.1. The first-order valence-electron chi connectivity index (χ1n) is 7.14. The van der Waals surface area contributed by atoms with Gasteiger partial charge in [0.1, 0.15) is 5.75 Å². The summed E-state index contributed by atoms with van der Waals surface area (Å²) >= 11 is 0. The van der Waals surface area contributed by atoms with Gasteiger partial charge in [0.2, 0.25) is 0 Å². The Morgan fingerprint density at radius 1 is 1.43 bits per heavy atom. The number of amides is 1. The number of phenolic OH excluding ortho intramolecular Hbond substituents is 1. The number of hydrogen-bond donors (Lipinski definition) is 1. The van der Waals surface area contributed by atoms with Gasteiger partial charge in [-0.1, -0.05) is 6.07 Å². The largest absolute Gasteiger partial charge is 0.507 e. The van der Waals surface area contributed by atoms with Crippen molar-refractivity contribution in [2.45, 2.75) is 19.9 Å². The molecule has 0 saturated heterocycles. The van der Waals surface area contributed by atoms with Gasteiger partial charge in [0.15, 0.2) is 0 Å². The van der Waals surface area contributed by atoms with Gasteiger partial charge >= 0.3 is 0 Å². The molecule has 0 radical (unpaired) electrons. The van der Waals surface area contributed by atoms with Gasteiger partial charge in [0.05, 0.1) is 22.6 Å². The third-order valence-electron chi connectivity index (χ3n) is 3.66. The number of aromatic nitrogens is 1. The molecule has 120 valence electrons. The molecule has 1 atom stereocenters. The van der Waals surface area contributed by atoms with Crippen molar-refractivity contribution in [3.05, 3.63) is 64.0 Å². The second-order valence-electron chi connectivity index (χ2n) is 5.01. The number of rotatable bonds is 5. The van der Waals surface area contributed by atoms with Crippen molar-refractivity contribution in [3.8, 4) is 5.75 Å². The number of nitro groups is 1. The van der Waals surface area contributed by atoms with Crippen LogP contribution in [0.4, 0.5) is 5.69 Å². The number of non-ortho nitro benzene ring substituents is 1. The van der Waals surface area contributed by atoms with Gasteiger partial charge < -0.3 is 10.0 Å². The molecular formula is C16H17N3O4. The fourth-order valence-electron chi connectivity index (χ4n) is 2.37. The highest BCUT2D eigenvalue weighted by molar-refractivity contribution is 5.97. The van der Waals surface area contributed by atoms with E-state index in [9.17, 15) is 20.0 Å². The van der Waals surface area contributed by atoms with Crippen molar-refractivity contribution in [1.29, 1.82) is 0 Å². The highest BCUT2D eigenvalue weighted by Gasteiger charge is 2.24. The van der Waals surface area contributed by atoms with Crippen molar-refractivity contribution in [3.63, 3.8) is 0 Å². The molecule has 7 heteroatoms. The van der Waals surface area contributed by atoms with E-state index >= 15 is 0 Å². The zero-order chi connectivity index (χ0) is 17.0. The highest BCUT2D eigenvalue weighted by atomic mass is 16.6. The van der Waals surface area contributed by atoms with E-state index in [-0.39, 0.29) is 17.3 Å². The normalized spacial score (nSPS) is 11.7. The fraction of sp³-hybridized carbons (Fsp3) is 0.250. The third-order valence-corrected chi connectivity index (χ3v) is 3.66. The van der Waals surface area contributed by atoms with Gasteiger partial charge in [-0.05, 0) is 31.5 Å². The molecule has 0 aliphatic carbocycles. The van der Waals surface area contributed by atoms with Gasteiger partial charge in [0.25, 0.3) is 11.6 Å². The van der Waals surface area contributed by atoms with Crippen LogP contribution in [-0.4, -0.2) is 32.4 Å². The van der Waals surface area contributed by atoms with Crippen LogP contribution in [0.25, 0.3) is 0 Å². The molecule has 1 heterocycles. The van der Waals surface area contributed by atoms with Crippen molar-refractivity contribution in [2.24, 2.45) is 0 Å². The summed E-state index contributed by atoms with van der Waals surface area (Å²) in [7, 11) is 0. The molecule has 1 amide bonds. The molecule has 0 spiro atoms. The lowest BCUT2D eigenvalue weighted by Gasteiger charge is -2.28. The Labute approximate surface area is 133 Å². The SMILES string of the molecule is CCN(C(=O)c1ccc([N+](=O)[O-])cc1O)C(C)c1cccnc1. The third kappa shape index (κ3) is 3.45. The molecule has 1 aromatic carbocycles. The van der Waals surface area contributed by atoms with Crippen molar-refractivity contribution >= 4 is 11.6 Å². The van der Waals surface area contributed by atoms with Crippen LogP contribution in [0.15, 0.2) is 42.7 Å². The maximum absolute atomic E-state index is 12.7. The average Bonchev–Trinajstić information content (AvgIpc) is 2.55. The molecule has 2 aromatic rings. The number of nitrogens with zero attached hydrogens (tertiary/aromatic N) is 3. The van der Waals surface area contributed by atoms with Crippen molar-refractivity contribution < 1.29 is 14.8 Å². The maximum atomic E-state index is 12.7. The van der Waals surface area contributed by atoms with Gasteiger partial charge in [-0.2, -0.15) is 0 Å². The summed E-state index contributed by atoms with van der Waals surface area (Å²) in [5, 5.41) is 20.7. The predicted molar refractivity (Wildman–Crippen MR) is 84.1 cm³/mol. The first-order valence-corrected chi connectivity index (χ1v) is 7.14. The lowest BCUT2D eigenvalue weighted by Crippen LogP contribution is -2.33. The standard InChI is InChI=1S/C16H17N3O4/c1-3-18(11(2)12-5-4-8-17-10-12)16(21)14-7-6-13(19(22)23)9-15(14)20/h4-11,20H,3H2,1-2H3. The predicted octanol–water partition coefficient (Wildman–Crippen LogP) is 2.92. The second kappa shape index (κ2) is 6.87. The highest BCUT2D eigenvalue weighted by Crippen LogP contribution is 2.28. The summed E-state index contributed by atoms with van der Waals surface area (Å²) in [5.41, 5.74) is 0.639. The number of carbonyl (C=O) groups excluding carboxylic acids is 1. The van der Waals surface area contributed by atoms with Gasteiger partial charge in [-0.3, -0.25) is 19.9 Å². The van der Waals surface area contributed by atoms with E-state index in [1.807, 2.05) is 19.9 Å². The quantitative estimate of drug-likeness (QED) is 0.676. The number of benzene rings is 1. The van der Waals surface area contributed by atoms with E-state index in [1.54, 1.807) is 23.4 Å². The summed E-state index contributed by atoms with van der Waals surface area (Å²) in [6.07, 6.45) is 3.33. The molecule has 0 saturated carbocycles. The topological polar surface area (TPSA) is 96.6 Å². The lowest BCUT2D eigenvalue weighted by molar-refractivity contribution is -0.384. The van der Waals surface area contributed by atoms with E-state index in [4.69, 9.17) is 0 Å². The number of carbonyl (C=O) groups is 1. The Hall–Kier alpha value is -2.96.